The highest BCUT2D eigenvalue weighted by Crippen LogP contribution is 2.34. The maximum Gasteiger partial charge on any atom is 0.0921 e. The molecule has 3 aromatic carbocycles. The van der Waals surface area contributed by atoms with Gasteiger partial charge in [-0.1, -0.05) is 35.9 Å². The topological polar surface area (TPSA) is 24.7 Å². The normalized spacial score (nSPS) is 11.5. The molecule has 2 nitrogen and oxygen atoms in total. The van der Waals surface area contributed by atoms with Crippen molar-refractivity contribution in [2.75, 3.05) is 0 Å². The number of fused-ring (bicyclic) bond motifs is 1. The second-order valence-corrected chi connectivity index (χ2v) is 5.88. The molecule has 110 valence electrons. The summed E-state index contributed by atoms with van der Waals surface area (Å²) in [6, 6.07) is 16.5. The maximum atomic E-state index is 4.51. The molecule has 0 atom stereocenters. The van der Waals surface area contributed by atoms with Gasteiger partial charge in [-0.25, -0.2) is 0 Å². The summed E-state index contributed by atoms with van der Waals surface area (Å²) in [4.78, 5) is 0. The van der Waals surface area contributed by atoms with Gasteiger partial charge in [0.1, 0.15) is 0 Å². The average Bonchev–Trinajstić information content (AvgIpc) is 2.47. The van der Waals surface area contributed by atoms with Gasteiger partial charge in [-0.2, -0.15) is 5.11 Å². The summed E-state index contributed by atoms with van der Waals surface area (Å²) >= 11 is 0. The quantitative estimate of drug-likeness (QED) is 0.481. The molecule has 0 aliphatic carbocycles. The SMILES string of the molecule is Cc1cc(C)c2c(C)c(N=Nc3ccccc3)c(C)cc2c1. The van der Waals surface area contributed by atoms with E-state index in [1.54, 1.807) is 0 Å². The van der Waals surface area contributed by atoms with E-state index in [1.807, 2.05) is 30.3 Å². The van der Waals surface area contributed by atoms with Crippen molar-refractivity contribution in [1.29, 1.82) is 0 Å². The lowest BCUT2D eigenvalue weighted by molar-refractivity contribution is 1.19. The molecule has 0 aliphatic rings. The second kappa shape index (κ2) is 5.72. The van der Waals surface area contributed by atoms with Gasteiger partial charge in [0.2, 0.25) is 0 Å². The van der Waals surface area contributed by atoms with Crippen molar-refractivity contribution < 1.29 is 0 Å². The first-order valence-electron chi connectivity index (χ1n) is 7.54. The summed E-state index contributed by atoms with van der Waals surface area (Å²) in [5.74, 6) is 0. The molecule has 0 amide bonds. The van der Waals surface area contributed by atoms with Crippen LogP contribution in [0, 0.1) is 27.7 Å². The Kier molecular flexibility index (Phi) is 3.76. The van der Waals surface area contributed by atoms with E-state index in [9.17, 15) is 0 Å². The molecule has 3 aromatic rings. The zero-order valence-corrected chi connectivity index (χ0v) is 13.5. The van der Waals surface area contributed by atoms with Crippen LogP contribution < -0.4 is 0 Å². The van der Waals surface area contributed by atoms with Crippen molar-refractivity contribution in [3.8, 4) is 0 Å². The van der Waals surface area contributed by atoms with Crippen molar-refractivity contribution in [2.45, 2.75) is 27.7 Å². The molecular weight excluding hydrogens is 268 g/mol. The molecule has 22 heavy (non-hydrogen) atoms. The Morgan fingerprint density at radius 3 is 2.18 bits per heavy atom. The van der Waals surface area contributed by atoms with E-state index in [0.29, 0.717) is 0 Å². The lowest BCUT2D eigenvalue weighted by atomic mass is 9.95. The van der Waals surface area contributed by atoms with Crippen LogP contribution in [0.25, 0.3) is 10.8 Å². The van der Waals surface area contributed by atoms with Gasteiger partial charge in [-0.05, 0) is 73.4 Å². The van der Waals surface area contributed by atoms with Crippen LogP contribution in [0.4, 0.5) is 11.4 Å². The van der Waals surface area contributed by atoms with Crippen molar-refractivity contribution in [3.63, 3.8) is 0 Å². The molecule has 0 radical (unpaired) electrons. The van der Waals surface area contributed by atoms with Gasteiger partial charge in [0.25, 0.3) is 0 Å². The molecule has 0 fully saturated rings. The number of hydrogen-bond donors (Lipinski definition) is 0. The molecule has 0 unspecified atom stereocenters. The average molecular weight is 288 g/mol. The predicted molar refractivity (Wildman–Crippen MR) is 93.5 cm³/mol. The Labute approximate surface area is 131 Å². The Balaban J connectivity index is 2.16. The molecule has 0 N–H and O–H groups in total. The van der Waals surface area contributed by atoms with E-state index in [2.05, 4.69) is 56.1 Å². The second-order valence-electron chi connectivity index (χ2n) is 5.88. The van der Waals surface area contributed by atoms with Gasteiger partial charge in [0.15, 0.2) is 0 Å². The Bertz CT molecular complexity index is 862. The highest BCUT2D eigenvalue weighted by Gasteiger charge is 2.10. The summed E-state index contributed by atoms with van der Waals surface area (Å²) in [6.07, 6.45) is 0. The van der Waals surface area contributed by atoms with Crippen LogP contribution in [0.15, 0.2) is 58.8 Å². The molecule has 0 aromatic heterocycles. The minimum Gasteiger partial charge on any atom is -0.151 e. The van der Waals surface area contributed by atoms with Gasteiger partial charge in [0, 0.05) is 0 Å². The molecule has 0 heterocycles. The first-order valence-corrected chi connectivity index (χ1v) is 7.54. The van der Waals surface area contributed by atoms with E-state index in [0.717, 1.165) is 16.9 Å². The van der Waals surface area contributed by atoms with Crippen LogP contribution in [0.5, 0.6) is 0 Å². The molecule has 0 saturated heterocycles. The fourth-order valence-corrected chi connectivity index (χ4v) is 3.10. The standard InChI is InChI=1S/C20H20N2/c1-13-10-14(2)19-16(4)20(15(3)12-17(19)11-13)22-21-18-8-6-5-7-9-18/h5-12H,1-4H3. The maximum absolute atomic E-state index is 4.51. The third kappa shape index (κ3) is 2.64. The van der Waals surface area contributed by atoms with Crippen LogP contribution in [-0.2, 0) is 0 Å². The van der Waals surface area contributed by atoms with Crippen molar-refractivity contribution >= 4 is 22.1 Å². The number of nitrogens with zero attached hydrogens (tertiary/aromatic N) is 2. The van der Waals surface area contributed by atoms with Crippen LogP contribution in [0.3, 0.4) is 0 Å². The van der Waals surface area contributed by atoms with Crippen LogP contribution in [-0.4, -0.2) is 0 Å². The fraction of sp³-hybridized carbons (Fsp3) is 0.200. The van der Waals surface area contributed by atoms with Crippen LogP contribution >= 0.6 is 0 Å². The lowest BCUT2D eigenvalue weighted by Crippen LogP contribution is -1.89. The molecule has 0 bridgehead atoms. The molecule has 0 spiro atoms. The van der Waals surface area contributed by atoms with Crippen LogP contribution in [0.1, 0.15) is 22.3 Å². The van der Waals surface area contributed by atoms with E-state index in [4.69, 9.17) is 0 Å². The first kappa shape index (κ1) is 14.5. The largest absolute Gasteiger partial charge is 0.151 e. The number of rotatable bonds is 2. The third-order valence-electron chi connectivity index (χ3n) is 4.01. The zero-order chi connectivity index (χ0) is 15.7. The summed E-state index contributed by atoms with van der Waals surface area (Å²) in [5, 5.41) is 11.5. The van der Waals surface area contributed by atoms with Gasteiger partial charge in [0.05, 0.1) is 11.4 Å². The smallest absolute Gasteiger partial charge is 0.0921 e. The Hall–Kier alpha value is -2.48. The third-order valence-corrected chi connectivity index (χ3v) is 4.01. The number of hydrogen-bond acceptors (Lipinski definition) is 2. The Morgan fingerprint density at radius 2 is 1.45 bits per heavy atom. The van der Waals surface area contributed by atoms with E-state index >= 15 is 0 Å². The number of benzene rings is 3. The summed E-state index contributed by atoms with van der Waals surface area (Å²) < 4.78 is 0. The molecular formula is C20H20N2. The van der Waals surface area contributed by atoms with Crippen LogP contribution in [0.2, 0.25) is 0 Å². The Morgan fingerprint density at radius 1 is 0.727 bits per heavy atom. The molecule has 0 saturated carbocycles. The number of azo groups is 1. The summed E-state index contributed by atoms with van der Waals surface area (Å²) in [7, 11) is 0. The number of aryl methyl sites for hydroxylation is 4. The summed E-state index contributed by atoms with van der Waals surface area (Å²) in [6.45, 7) is 8.54. The highest BCUT2D eigenvalue weighted by atomic mass is 15.1. The summed E-state index contributed by atoms with van der Waals surface area (Å²) in [5.41, 5.74) is 6.80. The van der Waals surface area contributed by atoms with Crippen molar-refractivity contribution in [1.82, 2.24) is 0 Å². The molecule has 2 heteroatoms. The molecule has 3 rings (SSSR count). The van der Waals surface area contributed by atoms with E-state index in [-0.39, 0.29) is 0 Å². The van der Waals surface area contributed by atoms with E-state index in [1.165, 1.54) is 27.5 Å². The predicted octanol–water partition coefficient (Wildman–Crippen LogP) is 6.49. The lowest BCUT2D eigenvalue weighted by Gasteiger charge is -2.12. The minimum atomic E-state index is 0.877. The van der Waals surface area contributed by atoms with Gasteiger partial charge < -0.3 is 0 Å². The monoisotopic (exact) mass is 288 g/mol. The molecule has 0 aliphatic heterocycles. The van der Waals surface area contributed by atoms with Gasteiger partial charge in [-0.3, -0.25) is 0 Å². The van der Waals surface area contributed by atoms with Crippen molar-refractivity contribution in [3.05, 3.63) is 70.8 Å². The zero-order valence-electron chi connectivity index (χ0n) is 13.5. The fourth-order valence-electron chi connectivity index (χ4n) is 3.10. The minimum absolute atomic E-state index is 0.877. The van der Waals surface area contributed by atoms with Gasteiger partial charge >= 0.3 is 0 Å². The first-order chi connectivity index (χ1) is 10.6. The van der Waals surface area contributed by atoms with Gasteiger partial charge in [-0.15, -0.1) is 5.11 Å². The van der Waals surface area contributed by atoms with Crippen molar-refractivity contribution in [2.24, 2.45) is 10.2 Å². The highest BCUT2D eigenvalue weighted by molar-refractivity contribution is 5.93. The van der Waals surface area contributed by atoms with E-state index < -0.39 is 0 Å².